The van der Waals surface area contributed by atoms with Gasteiger partial charge in [-0.2, -0.15) is 0 Å². The van der Waals surface area contributed by atoms with Crippen molar-refractivity contribution in [1.82, 2.24) is 0 Å². The van der Waals surface area contributed by atoms with Crippen molar-refractivity contribution in [2.75, 3.05) is 5.32 Å². The van der Waals surface area contributed by atoms with Crippen LogP contribution in [0.5, 0.6) is 0 Å². The minimum Gasteiger partial charge on any atom is -0.478 e. The molecule has 0 aromatic heterocycles. The second-order valence-electron chi connectivity index (χ2n) is 5.61. The molecule has 20 heavy (non-hydrogen) atoms. The summed E-state index contributed by atoms with van der Waals surface area (Å²) >= 11 is 3.03. The minimum absolute atomic E-state index is 0.00603. The lowest BCUT2D eigenvalue weighted by molar-refractivity contribution is 0.0695. The summed E-state index contributed by atoms with van der Waals surface area (Å²) in [5.41, 5.74) is 0.311. The van der Waals surface area contributed by atoms with Crippen LogP contribution in [0.2, 0.25) is 0 Å². The molecule has 0 radical (unpaired) electrons. The molecule has 1 aromatic rings. The summed E-state index contributed by atoms with van der Waals surface area (Å²) in [5, 5.41) is 12.2. The first-order chi connectivity index (χ1) is 9.41. The smallest absolute Gasteiger partial charge is 0.336 e. The first-order valence-corrected chi connectivity index (χ1v) is 7.69. The van der Waals surface area contributed by atoms with E-state index in [0.29, 0.717) is 17.5 Å². The van der Waals surface area contributed by atoms with E-state index in [1.54, 1.807) is 0 Å². The van der Waals surface area contributed by atoms with Gasteiger partial charge in [0.15, 0.2) is 5.82 Å². The predicted octanol–water partition coefficient (Wildman–Crippen LogP) is 4.52. The monoisotopic (exact) mass is 343 g/mol. The van der Waals surface area contributed by atoms with Crippen molar-refractivity contribution >= 4 is 27.6 Å². The Morgan fingerprint density at radius 2 is 2.10 bits per heavy atom. The number of rotatable bonds is 3. The summed E-state index contributed by atoms with van der Waals surface area (Å²) in [4.78, 5) is 11.0. The van der Waals surface area contributed by atoms with Crippen molar-refractivity contribution in [1.29, 1.82) is 0 Å². The Balaban J connectivity index is 2.22. The molecule has 0 spiro atoms. The molecule has 0 bridgehead atoms. The van der Waals surface area contributed by atoms with Crippen LogP contribution in [-0.4, -0.2) is 17.1 Å². The molecule has 110 valence electrons. The largest absolute Gasteiger partial charge is 0.478 e. The SMILES string of the molecule is CC1CCCC(Nc2ccc(C(=O)O)c(Br)c2F)C1C. The number of hydrogen-bond acceptors (Lipinski definition) is 2. The van der Waals surface area contributed by atoms with Crippen LogP contribution >= 0.6 is 15.9 Å². The Morgan fingerprint density at radius 3 is 2.75 bits per heavy atom. The Kier molecular flexibility index (Phi) is 4.68. The lowest BCUT2D eigenvalue weighted by Gasteiger charge is -2.35. The second kappa shape index (κ2) is 6.12. The van der Waals surface area contributed by atoms with Crippen molar-refractivity contribution in [2.45, 2.75) is 39.2 Å². The third-order valence-corrected chi connectivity index (χ3v) is 5.14. The molecule has 5 heteroatoms. The first kappa shape index (κ1) is 15.3. The fraction of sp³-hybridized carbons (Fsp3) is 0.533. The number of halogens is 2. The summed E-state index contributed by atoms with van der Waals surface area (Å²) in [7, 11) is 0. The van der Waals surface area contributed by atoms with Gasteiger partial charge in [-0.05, 0) is 46.3 Å². The van der Waals surface area contributed by atoms with Crippen molar-refractivity contribution in [2.24, 2.45) is 11.8 Å². The first-order valence-electron chi connectivity index (χ1n) is 6.89. The topological polar surface area (TPSA) is 49.3 Å². The number of aromatic carboxylic acids is 1. The average Bonchev–Trinajstić information content (AvgIpc) is 2.40. The van der Waals surface area contributed by atoms with E-state index in [2.05, 4.69) is 35.1 Å². The average molecular weight is 344 g/mol. The van der Waals surface area contributed by atoms with Gasteiger partial charge in [0, 0.05) is 6.04 Å². The Morgan fingerprint density at radius 1 is 1.40 bits per heavy atom. The highest BCUT2D eigenvalue weighted by molar-refractivity contribution is 9.10. The fourth-order valence-electron chi connectivity index (χ4n) is 2.81. The number of benzene rings is 1. The number of anilines is 1. The zero-order valence-corrected chi connectivity index (χ0v) is 13.2. The third kappa shape index (κ3) is 2.97. The highest BCUT2D eigenvalue weighted by Crippen LogP contribution is 2.34. The lowest BCUT2D eigenvalue weighted by atomic mass is 9.78. The van der Waals surface area contributed by atoms with Crippen LogP contribution in [0.4, 0.5) is 10.1 Å². The normalized spacial score (nSPS) is 26.3. The summed E-state index contributed by atoms with van der Waals surface area (Å²) in [6, 6.07) is 3.17. The standard InChI is InChI=1S/C15H19BrFNO2/c1-8-4-3-5-11(9(8)2)18-12-7-6-10(15(19)20)13(16)14(12)17/h6-9,11,18H,3-5H2,1-2H3,(H,19,20). The Bertz CT molecular complexity index is 521. The van der Waals surface area contributed by atoms with Gasteiger partial charge in [0.25, 0.3) is 0 Å². The summed E-state index contributed by atoms with van der Waals surface area (Å²) in [6.07, 6.45) is 3.37. The second-order valence-corrected chi connectivity index (χ2v) is 6.40. The molecule has 3 atom stereocenters. The maximum atomic E-state index is 14.2. The predicted molar refractivity (Wildman–Crippen MR) is 80.6 cm³/mol. The molecule has 1 aliphatic rings. The fourth-order valence-corrected chi connectivity index (χ4v) is 3.33. The van der Waals surface area contributed by atoms with E-state index in [-0.39, 0.29) is 16.1 Å². The van der Waals surface area contributed by atoms with Crippen molar-refractivity contribution < 1.29 is 14.3 Å². The van der Waals surface area contributed by atoms with Gasteiger partial charge in [0.05, 0.1) is 15.7 Å². The van der Waals surface area contributed by atoms with Gasteiger partial charge in [-0.3, -0.25) is 0 Å². The van der Waals surface area contributed by atoms with Crippen LogP contribution in [0.3, 0.4) is 0 Å². The number of hydrogen-bond donors (Lipinski definition) is 2. The highest BCUT2D eigenvalue weighted by atomic mass is 79.9. The molecule has 0 saturated heterocycles. The molecule has 0 aliphatic heterocycles. The van der Waals surface area contributed by atoms with E-state index in [1.807, 2.05) is 0 Å². The number of carboxylic acid groups (broad SMARTS) is 1. The number of carbonyl (C=O) groups is 1. The summed E-state index contributed by atoms with van der Waals surface area (Å²) in [6.45, 7) is 4.40. The quantitative estimate of drug-likeness (QED) is 0.847. The van der Waals surface area contributed by atoms with E-state index in [4.69, 9.17) is 5.11 Å². The molecule has 0 amide bonds. The van der Waals surface area contributed by atoms with Crippen molar-refractivity contribution in [3.8, 4) is 0 Å². The molecule has 3 unspecified atom stereocenters. The van der Waals surface area contributed by atoms with E-state index in [9.17, 15) is 9.18 Å². The van der Waals surface area contributed by atoms with Crippen LogP contribution in [0, 0.1) is 17.7 Å². The molecular formula is C15H19BrFNO2. The zero-order chi connectivity index (χ0) is 14.9. The van der Waals surface area contributed by atoms with Gasteiger partial charge in [-0.1, -0.05) is 26.7 Å². The zero-order valence-electron chi connectivity index (χ0n) is 11.6. The Labute approximate surface area is 126 Å². The molecular weight excluding hydrogens is 325 g/mol. The third-order valence-electron chi connectivity index (χ3n) is 4.36. The van der Waals surface area contributed by atoms with Gasteiger partial charge < -0.3 is 10.4 Å². The molecule has 1 fully saturated rings. The maximum absolute atomic E-state index is 14.2. The summed E-state index contributed by atoms with van der Waals surface area (Å²) in [5.74, 6) is -0.579. The van der Waals surface area contributed by atoms with Gasteiger partial charge in [-0.15, -0.1) is 0 Å². The van der Waals surface area contributed by atoms with Gasteiger partial charge in [-0.25, -0.2) is 9.18 Å². The van der Waals surface area contributed by atoms with Crippen molar-refractivity contribution in [3.63, 3.8) is 0 Å². The van der Waals surface area contributed by atoms with Crippen molar-refractivity contribution in [3.05, 3.63) is 28.0 Å². The molecule has 2 N–H and O–H groups in total. The van der Waals surface area contributed by atoms with Crippen LogP contribution in [-0.2, 0) is 0 Å². The van der Waals surface area contributed by atoms with Gasteiger partial charge >= 0.3 is 5.97 Å². The highest BCUT2D eigenvalue weighted by Gasteiger charge is 2.28. The molecule has 3 nitrogen and oxygen atoms in total. The van der Waals surface area contributed by atoms with E-state index >= 15 is 0 Å². The van der Waals surface area contributed by atoms with Crippen LogP contribution in [0.15, 0.2) is 16.6 Å². The number of carboxylic acids is 1. The van der Waals surface area contributed by atoms with Crippen LogP contribution < -0.4 is 5.32 Å². The Hall–Kier alpha value is -1.10. The summed E-state index contributed by atoms with van der Waals surface area (Å²) < 4.78 is 14.2. The van der Waals surface area contributed by atoms with Gasteiger partial charge in [0.2, 0.25) is 0 Å². The van der Waals surface area contributed by atoms with E-state index < -0.39 is 11.8 Å². The molecule has 0 heterocycles. The molecule has 1 saturated carbocycles. The lowest BCUT2D eigenvalue weighted by Crippen LogP contribution is -2.35. The van der Waals surface area contributed by atoms with E-state index in [0.717, 1.165) is 12.8 Å². The number of nitrogens with one attached hydrogen (secondary N) is 1. The van der Waals surface area contributed by atoms with Crippen LogP contribution in [0.1, 0.15) is 43.5 Å². The maximum Gasteiger partial charge on any atom is 0.336 e. The van der Waals surface area contributed by atoms with Crippen LogP contribution in [0.25, 0.3) is 0 Å². The van der Waals surface area contributed by atoms with E-state index in [1.165, 1.54) is 18.6 Å². The molecule has 1 aromatic carbocycles. The molecule has 2 rings (SSSR count). The van der Waals surface area contributed by atoms with Gasteiger partial charge in [0.1, 0.15) is 0 Å². The minimum atomic E-state index is -1.14. The molecule has 1 aliphatic carbocycles.